The molecule has 1 fully saturated rings. The lowest BCUT2D eigenvalue weighted by Gasteiger charge is -2.14. The third-order valence-electron chi connectivity index (χ3n) is 5.15. The van der Waals surface area contributed by atoms with E-state index in [0.29, 0.717) is 47.6 Å². The fraction of sp³-hybridized carbons (Fsp3) is 0.412. The molecule has 0 bridgehead atoms. The summed E-state index contributed by atoms with van der Waals surface area (Å²) in [7, 11) is -0.630. The van der Waals surface area contributed by atoms with Gasteiger partial charge in [-0.15, -0.1) is 0 Å². The number of methoxy groups -OCH3 is 2. The van der Waals surface area contributed by atoms with E-state index in [1.807, 2.05) is 0 Å². The van der Waals surface area contributed by atoms with Gasteiger partial charge in [-0.2, -0.15) is 12.7 Å². The Bertz CT molecular complexity index is 1220. The van der Waals surface area contributed by atoms with Gasteiger partial charge in [0.2, 0.25) is 0 Å². The smallest absolute Gasteiger partial charge is 0.326 e. The van der Waals surface area contributed by atoms with Crippen LogP contribution in [-0.4, -0.2) is 54.6 Å². The van der Waals surface area contributed by atoms with Gasteiger partial charge in [-0.05, 0) is 18.4 Å². The normalized spacial score (nSPS) is 18.2. The molecule has 3 N–H and O–H groups in total. The van der Waals surface area contributed by atoms with Crippen molar-refractivity contribution in [1.82, 2.24) is 18.8 Å². The maximum Gasteiger partial charge on any atom is 0.326 e. The second kappa shape index (κ2) is 6.76. The van der Waals surface area contributed by atoms with Crippen molar-refractivity contribution >= 4 is 32.1 Å². The molecule has 1 saturated heterocycles. The zero-order valence-electron chi connectivity index (χ0n) is 15.5. The molecule has 28 heavy (non-hydrogen) atoms. The SMILES string of the molecule is COc1cc2ncc3[nH]c(=O)n(C[C@H]4CCN(S(N)(=O)=O)C4)c3c2cc1OC. The fourth-order valence-corrected chi connectivity index (χ4v) is 4.56. The van der Waals surface area contributed by atoms with Gasteiger partial charge >= 0.3 is 5.69 Å². The quantitative estimate of drug-likeness (QED) is 0.630. The summed E-state index contributed by atoms with van der Waals surface area (Å²) in [5, 5.41) is 5.97. The summed E-state index contributed by atoms with van der Waals surface area (Å²) < 4.78 is 36.7. The first-order valence-corrected chi connectivity index (χ1v) is 10.2. The molecule has 0 spiro atoms. The van der Waals surface area contributed by atoms with Crippen molar-refractivity contribution in [3.8, 4) is 11.5 Å². The number of H-pyrrole nitrogens is 1. The molecule has 1 aliphatic rings. The summed E-state index contributed by atoms with van der Waals surface area (Å²) in [6, 6.07) is 3.55. The number of fused-ring (bicyclic) bond motifs is 3. The maximum absolute atomic E-state index is 12.6. The van der Waals surface area contributed by atoms with Crippen molar-refractivity contribution in [3.63, 3.8) is 0 Å². The second-order valence-corrected chi connectivity index (χ2v) is 8.39. The minimum absolute atomic E-state index is 0.0154. The molecule has 150 valence electrons. The summed E-state index contributed by atoms with van der Waals surface area (Å²) >= 11 is 0. The van der Waals surface area contributed by atoms with Gasteiger partial charge in [0.1, 0.15) is 0 Å². The van der Waals surface area contributed by atoms with Crippen LogP contribution in [0.4, 0.5) is 0 Å². The summed E-state index contributed by atoms with van der Waals surface area (Å²) in [5.74, 6) is 1.06. The Morgan fingerprint density at radius 3 is 2.64 bits per heavy atom. The number of aromatic nitrogens is 3. The highest BCUT2D eigenvalue weighted by atomic mass is 32.2. The van der Waals surface area contributed by atoms with Gasteiger partial charge in [0.15, 0.2) is 11.5 Å². The monoisotopic (exact) mass is 407 g/mol. The fourth-order valence-electron chi connectivity index (χ4n) is 3.78. The van der Waals surface area contributed by atoms with Crippen molar-refractivity contribution in [1.29, 1.82) is 0 Å². The molecule has 11 heteroatoms. The van der Waals surface area contributed by atoms with Gasteiger partial charge in [0, 0.05) is 31.1 Å². The third kappa shape index (κ3) is 3.11. The minimum atomic E-state index is -3.72. The first kappa shape index (κ1) is 18.7. The van der Waals surface area contributed by atoms with Crippen molar-refractivity contribution in [2.75, 3.05) is 27.3 Å². The molecule has 1 aromatic carbocycles. The van der Waals surface area contributed by atoms with Crippen LogP contribution >= 0.6 is 0 Å². The van der Waals surface area contributed by atoms with Crippen molar-refractivity contribution in [2.24, 2.45) is 11.1 Å². The molecule has 0 radical (unpaired) electrons. The molecule has 0 amide bonds. The van der Waals surface area contributed by atoms with Crippen molar-refractivity contribution in [2.45, 2.75) is 13.0 Å². The third-order valence-corrected chi connectivity index (χ3v) is 6.20. The van der Waals surface area contributed by atoms with E-state index in [2.05, 4.69) is 9.97 Å². The van der Waals surface area contributed by atoms with E-state index in [9.17, 15) is 13.2 Å². The molecule has 1 atom stereocenters. The number of aromatic amines is 1. The Morgan fingerprint density at radius 2 is 2.00 bits per heavy atom. The van der Waals surface area contributed by atoms with Gasteiger partial charge in [-0.3, -0.25) is 9.55 Å². The number of nitrogens with two attached hydrogens (primary N) is 1. The highest BCUT2D eigenvalue weighted by Gasteiger charge is 2.30. The lowest BCUT2D eigenvalue weighted by Crippen LogP contribution is -2.35. The Balaban J connectivity index is 1.81. The molecule has 0 unspecified atom stereocenters. The predicted octanol–water partition coefficient (Wildman–Crippen LogP) is 0.420. The maximum atomic E-state index is 12.6. The van der Waals surface area contributed by atoms with Crippen LogP contribution < -0.4 is 20.3 Å². The zero-order valence-corrected chi connectivity index (χ0v) is 16.3. The number of hydrogen-bond acceptors (Lipinski definition) is 6. The summed E-state index contributed by atoms with van der Waals surface area (Å²) in [5.41, 5.74) is 1.69. The number of benzene rings is 1. The van der Waals surface area contributed by atoms with Crippen LogP contribution in [0.1, 0.15) is 6.42 Å². The average Bonchev–Trinajstić information content (AvgIpc) is 3.25. The van der Waals surface area contributed by atoms with Crippen LogP contribution in [0.15, 0.2) is 23.1 Å². The summed E-state index contributed by atoms with van der Waals surface area (Å²) in [6.45, 7) is 1.02. The molecule has 0 saturated carbocycles. The van der Waals surface area contributed by atoms with Gasteiger partial charge in [0.25, 0.3) is 10.2 Å². The number of nitrogens with zero attached hydrogens (tertiary/aromatic N) is 3. The lowest BCUT2D eigenvalue weighted by molar-refractivity contribution is 0.356. The molecular formula is C17H21N5O5S. The number of hydrogen-bond donors (Lipinski definition) is 2. The first-order chi connectivity index (χ1) is 13.3. The van der Waals surface area contributed by atoms with Crippen LogP contribution in [0, 0.1) is 5.92 Å². The van der Waals surface area contributed by atoms with E-state index in [1.54, 1.807) is 37.1 Å². The number of nitrogens with one attached hydrogen (secondary N) is 1. The largest absolute Gasteiger partial charge is 0.493 e. The summed E-state index contributed by atoms with van der Waals surface area (Å²) in [4.78, 5) is 19.8. The molecule has 3 aromatic rings. The molecule has 1 aliphatic heterocycles. The van der Waals surface area contributed by atoms with Crippen LogP contribution in [0.5, 0.6) is 11.5 Å². The minimum Gasteiger partial charge on any atom is -0.493 e. The topological polar surface area (TPSA) is 133 Å². The number of rotatable bonds is 5. The van der Waals surface area contributed by atoms with E-state index < -0.39 is 10.2 Å². The first-order valence-electron chi connectivity index (χ1n) is 8.73. The van der Waals surface area contributed by atoms with Crippen LogP contribution in [-0.2, 0) is 16.8 Å². The number of pyridine rings is 1. The van der Waals surface area contributed by atoms with Gasteiger partial charge < -0.3 is 14.5 Å². The second-order valence-electron chi connectivity index (χ2n) is 6.84. The van der Waals surface area contributed by atoms with Crippen LogP contribution in [0.3, 0.4) is 0 Å². The predicted molar refractivity (Wildman–Crippen MR) is 104 cm³/mol. The van der Waals surface area contributed by atoms with Crippen molar-refractivity contribution < 1.29 is 17.9 Å². The molecule has 4 rings (SSSR count). The summed E-state index contributed by atoms with van der Waals surface area (Å²) in [6.07, 6.45) is 2.24. The van der Waals surface area contributed by atoms with E-state index in [4.69, 9.17) is 14.6 Å². The Labute approximate surface area is 161 Å². The van der Waals surface area contributed by atoms with Gasteiger partial charge in [-0.1, -0.05) is 0 Å². The number of ether oxygens (including phenoxy) is 2. The number of imidazole rings is 1. The Morgan fingerprint density at radius 1 is 1.29 bits per heavy atom. The molecule has 2 aromatic heterocycles. The van der Waals surface area contributed by atoms with E-state index >= 15 is 0 Å². The Kier molecular flexibility index (Phi) is 4.52. The van der Waals surface area contributed by atoms with E-state index in [-0.39, 0.29) is 18.2 Å². The van der Waals surface area contributed by atoms with Crippen LogP contribution in [0.2, 0.25) is 0 Å². The molecular weight excluding hydrogens is 386 g/mol. The highest BCUT2D eigenvalue weighted by molar-refractivity contribution is 7.86. The molecule has 0 aliphatic carbocycles. The molecule has 3 heterocycles. The lowest BCUT2D eigenvalue weighted by atomic mass is 10.1. The van der Waals surface area contributed by atoms with Crippen molar-refractivity contribution in [3.05, 3.63) is 28.8 Å². The van der Waals surface area contributed by atoms with E-state index in [1.165, 1.54) is 4.31 Å². The standard InChI is InChI=1S/C17H21N5O5S/c1-26-14-5-11-12(6-15(14)27-2)19-7-13-16(11)22(17(23)20-13)9-10-3-4-21(8-10)28(18,24)25/h5-7,10H,3-4,8-9H2,1-2H3,(H,20,23)(H2,18,24,25)/t10-/m0/s1. The van der Waals surface area contributed by atoms with E-state index in [0.717, 1.165) is 5.39 Å². The van der Waals surface area contributed by atoms with Gasteiger partial charge in [0.05, 0.1) is 37.0 Å². The van der Waals surface area contributed by atoms with Crippen LogP contribution in [0.25, 0.3) is 21.9 Å². The molecule has 10 nitrogen and oxygen atoms in total. The zero-order chi connectivity index (χ0) is 20.1. The highest BCUT2D eigenvalue weighted by Crippen LogP contribution is 2.34. The average molecular weight is 407 g/mol. The Hall–Kier alpha value is -2.63. The van der Waals surface area contributed by atoms with Gasteiger partial charge in [-0.25, -0.2) is 9.93 Å².